The zero-order valence-electron chi connectivity index (χ0n) is 12.0. The lowest BCUT2D eigenvalue weighted by atomic mass is 9.97. The van der Waals surface area contributed by atoms with Gasteiger partial charge in [0.15, 0.2) is 0 Å². The fraction of sp³-hybridized carbons (Fsp3) is 0.600. The molecule has 0 spiro atoms. The summed E-state index contributed by atoms with van der Waals surface area (Å²) in [6.45, 7) is 7.46. The highest BCUT2D eigenvalue weighted by Crippen LogP contribution is 2.27. The summed E-state index contributed by atoms with van der Waals surface area (Å²) in [6, 6.07) is 8.96. The van der Waals surface area contributed by atoms with E-state index in [1.165, 1.54) is 5.56 Å². The average molecular weight is 329 g/mol. The Morgan fingerprint density at radius 3 is 2.21 bits per heavy atom. The van der Waals surface area contributed by atoms with E-state index in [1.54, 1.807) is 0 Å². The van der Waals surface area contributed by atoms with Crippen LogP contribution in [0.5, 0.6) is 0 Å². The van der Waals surface area contributed by atoms with E-state index in [-0.39, 0.29) is 18.7 Å². The number of nitrogens with two attached hydrogens (primary N) is 1. The van der Waals surface area contributed by atoms with E-state index < -0.39 is 0 Å². The van der Waals surface area contributed by atoms with Crippen LogP contribution in [0.2, 0.25) is 0 Å². The summed E-state index contributed by atoms with van der Waals surface area (Å²) in [5.74, 6) is 0. The van der Waals surface area contributed by atoms with Crippen molar-refractivity contribution >= 4 is 15.9 Å². The first-order valence-corrected chi connectivity index (χ1v) is 7.64. The largest absolute Gasteiger partial charge is 0.396 e. The number of hydrogen-bond donors (Lipinski definition) is 2. The van der Waals surface area contributed by atoms with Crippen molar-refractivity contribution in [1.29, 1.82) is 0 Å². The Morgan fingerprint density at radius 1 is 1.21 bits per heavy atom. The third-order valence-corrected chi connectivity index (χ3v) is 3.83. The summed E-state index contributed by atoms with van der Waals surface area (Å²) in [4.78, 5) is 2.37. The second-order valence-electron chi connectivity index (χ2n) is 5.26. The highest BCUT2D eigenvalue weighted by atomic mass is 79.9. The number of hydrogen-bond acceptors (Lipinski definition) is 3. The first kappa shape index (κ1) is 16.6. The molecule has 0 aliphatic rings. The predicted molar refractivity (Wildman–Crippen MR) is 84.1 cm³/mol. The van der Waals surface area contributed by atoms with Crippen LogP contribution in [0.25, 0.3) is 0 Å². The molecule has 19 heavy (non-hydrogen) atoms. The zero-order valence-corrected chi connectivity index (χ0v) is 13.6. The van der Waals surface area contributed by atoms with Crippen LogP contribution in [0.1, 0.15) is 38.8 Å². The molecular formula is C15H25BrN2O. The minimum absolute atomic E-state index is 0.0438. The molecule has 1 rings (SSSR count). The van der Waals surface area contributed by atoms with E-state index in [0.717, 1.165) is 17.4 Å². The summed E-state index contributed by atoms with van der Waals surface area (Å²) in [7, 11) is 0. The molecule has 0 saturated carbocycles. The molecule has 3 nitrogen and oxygen atoms in total. The van der Waals surface area contributed by atoms with Crippen molar-refractivity contribution in [3.63, 3.8) is 0 Å². The normalized spacial score (nSPS) is 14.9. The van der Waals surface area contributed by atoms with Gasteiger partial charge in [-0.3, -0.25) is 4.90 Å². The lowest BCUT2D eigenvalue weighted by Gasteiger charge is -2.37. The molecule has 0 fully saturated rings. The SMILES string of the molecule is CC(N)C(c1ccc(Br)cc1)N(CCCO)C(C)C. The van der Waals surface area contributed by atoms with Gasteiger partial charge in [-0.05, 0) is 44.9 Å². The number of benzene rings is 1. The van der Waals surface area contributed by atoms with Gasteiger partial charge in [0, 0.05) is 35.7 Å². The summed E-state index contributed by atoms with van der Waals surface area (Å²) in [6.07, 6.45) is 0.776. The maximum Gasteiger partial charge on any atom is 0.0499 e. The first-order valence-electron chi connectivity index (χ1n) is 6.85. The van der Waals surface area contributed by atoms with Gasteiger partial charge in [0.25, 0.3) is 0 Å². The number of aliphatic hydroxyl groups is 1. The summed E-state index contributed by atoms with van der Waals surface area (Å²) in [5, 5.41) is 9.06. The Balaban J connectivity index is 2.99. The topological polar surface area (TPSA) is 49.5 Å². The lowest BCUT2D eigenvalue weighted by molar-refractivity contribution is 0.123. The third kappa shape index (κ3) is 4.88. The van der Waals surface area contributed by atoms with Crippen LogP contribution in [0.4, 0.5) is 0 Å². The molecule has 0 bridgehead atoms. The Morgan fingerprint density at radius 2 is 1.79 bits per heavy atom. The second kappa shape index (κ2) is 8.00. The van der Waals surface area contributed by atoms with Crippen molar-refractivity contribution in [2.24, 2.45) is 5.73 Å². The molecule has 0 radical (unpaired) electrons. The quantitative estimate of drug-likeness (QED) is 0.809. The van der Waals surface area contributed by atoms with Crippen molar-refractivity contribution in [1.82, 2.24) is 4.90 Å². The Kier molecular flexibility index (Phi) is 7.00. The molecule has 3 N–H and O–H groups in total. The smallest absolute Gasteiger partial charge is 0.0499 e. The molecule has 0 heterocycles. The fourth-order valence-electron chi connectivity index (χ4n) is 2.43. The van der Waals surface area contributed by atoms with Gasteiger partial charge in [0.05, 0.1) is 0 Å². The van der Waals surface area contributed by atoms with Crippen LogP contribution < -0.4 is 5.73 Å². The second-order valence-corrected chi connectivity index (χ2v) is 6.18. The molecule has 0 amide bonds. The van der Waals surface area contributed by atoms with Crippen molar-refractivity contribution in [3.8, 4) is 0 Å². The van der Waals surface area contributed by atoms with E-state index in [1.807, 2.05) is 6.92 Å². The molecule has 0 aromatic heterocycles. The molecule has 0 aliphatic heterocycles. The highest BCUT2D eigenvalue weighted by Gasteiger charge is 2.25. The van der Waals surface area contributed by atoms with E-state index in [4.69, 9.17) is 10.8 Å². The number of aliphatic hydroxyl groups excluding tert-OH is 1. The standard InChI is InChI=1S/C15H25BrN2O/c1-11(2)18(9-4-10-19)15(12(3)17)13-5-7-14(16)8-6-13/h5-8,11-12,15,19H,4,9-10,17H2,1-3H3. The van der Waals surface area contributed by atoms with E-state index in [9.17, 15) is 0 Å². The highest BCUT2D eigenvalue weighted by molar-refractivity contribution is 9.10. The van der Waals surface area contributed by atoms with Gasteiger partial charge >= 0.3 is 0 Å². The Labute approximate surface area is 124 Å². The Hall–Kier alpha value is -0.420. The maximum atomic E-state index is 9.06. The molecule has 0 aliphatic carbocycles. The summed E-state index contributed by atoms with van der Waals surface area (Å²) < 4.78 is 1.08. The minimum atomic E-state index is 0.0438. The van der Waals surface area contributed by atoms with Crippen LogP contribution in [0, 0.1) is 0 Å². The molecule has 2 atom stereocenters. The van der Waals surface area contributed by atoms with Crippen LogP contribution >= 0.6 is 15.9 Å². The monoisotopic (exact) mass is 328 g/mol. The van der Waals surface area contributed by atoms with Gasteiger partial charge in [-0.15, -0.1) is 0 Å². The van der Waals surface area contributed by atoms with Crippen molar-refractivity contribution in [3.05, 3.63) is 34.3 Å². The summed E-state index contributed by atoms with van der Waals surface area (Å²) in [5.41, 5.74) is 7.43. The molecule has 0 saturated heterocycles. The predicted octanol–water partition coefficient (Wildman–Crippen LogP) is 2.93. The van der Waals surface area contributed by atoms with E-state index in [0.29, 0.717) is 6.04 Å². The number of nitrogens with zero attached hydrogens (tertiary/aromatic N) is 1. The fourth-order valence-corrected chi connectivity index (χ4v) is 2.69. The average Bonchev–Trinajstić information content (AvgIpc) is 2.35. The van der Waals surface area contributed by atoms with E-state index >= 15 is 0 Å². The maximum absolute atomic E-state index is 9.06. The molecule has 2 unspecified atom stereocenters. The van der Waals surface area contributed by atoms with Crippen molar-refractivity contribution < 1.29 is 5.11 Å². The van der Waals surface area contributed by atoms with Gasteiger partial charge in [-0.2, -0.15) is 0 Å². The molecule has 4 heteroatoms. The first-order chi connectivity index (χ1) is 8.97. The van der Waals surface area contributed by atoms with Gasteiger partial charge in [0.2, 0.25) is 0 Å². The van der Waals surface area contributed by atoms with Crippen molar-refractivity contribution in [2.75, 3.05) is 13.2 Å². The molecule has 1 aromatic carbocycles. The van der Waals surface area contributed by atoms with Gasteiger partial charge in [0.1, 0.15) is 0 Å². The Bertz CT molecular complexity index is 365. The zero-order chi connectivity index (χ0) is 14.4. The molecule has 1 aromatic rings. The van der Waals surface area contributed by atoms with Crippen LogP contribution in [-0.4, -0.2) is 35.2 Å². The third-order valence-electron chi connectivity index (χ3n) is 3.30. The minimum Gasteiger partial charge on any atom is -0.396 e. The van der Waals surface area contributed by atoms with Gasteiger partial charge in [-0.1, -0.05) is 28.1 Å². The van der Waals surface area contributed by atoms with E-state index in [2.05, 4.69) is 58.9 Å². The number of rotatable bonds is 7. The van der Waals surface area contributed by atoms with Crippen molar-refractivity contribution in [2.45, 2.75) is 45.3 Å². The van der Waals surface area contributed by atoms with Crippen LogP contribution in [0.3, 0.4) is 0 Å². The molecule has 108 valence electrons. The molecular weight excluding hydrogens is 304 g/mol. The summed E-state index contributed by atoms with van der Waals surface area (Å²) >= 11 is 3.46. The van der Waals surface area contributed by atoms with Gasteiger partial charge < -0.3 is 10.8 Å². The van der Waals surface area contributed by atoms with Crippen LogP contribution in [0.15, 0.2) is 28.7 Å². The van der Waals surface area contributed by atoms with Crippen LogP contribution in [-0.2, 0) is 0 Å². The van der Waals surface area contributed by atoms with Gasteiger partial charge in [-0.25, -0.2) is 0 Å². The lowest BCUT2D eigenvalue weighted by Crippen LogP contribution is -2.43. The number of halogens is 1.